The van der Waals surface area contributed by atoms with Crippen LogP contribution in [-0.2, 0) is 10.4 Å². The first-order chi connectivity index (χ1) is 13.2. The molecule has 5 nitrogen and oxygen atoms in total. The Morgan fingerprint density at radius 3 is 2.50 bits per heavy atom. The maximum absolute atomic E-state index is 13.2. The van der Waals surface area contributed by atoms with Crippen LogP contribution in [0.15, 0.2) is 24.3 Å². The molecule has 2 atom stereocenters. The Balaban J connectivity index is 2.00. The molecule has 3 amide bonds. The van der Waals surface area contributed by atoms with Gasteiger partial charge in [0.15, 0.2) is 0 Å². The minimum absolute atomic E-state index is 0.0855. The van der Waals surface area contributed by atoms with Crippen LogP contribution in [-0.4, -0.2) is 35.0 Å². The summed E-state index contributed by atoms with van der Waals surface area (Å²) in [6, 6.07) is 5.24. The normalized spacial score (nSPS) is 20.9. The molecule has 0 saturated carbocycles. The lowest BCUT2D eigenvalue weighted by atomic mass is 9.86. The number of halogens is 1. The number of carbonyl (C=O) groups is 2. The molecule has 0 aliphatic carbocycles. The van der Waals surface area contributed by atoms with Crippen LogP contribution in [0.4, 0.5) is 9.18 Å². The smallest absolute Gasteiger partial charge is 0.324 e. The van der Waals surface area contributed by atoms with E-state index in [9.17, 15) is 19.1 Å². The van der Waals surface area contributed by atoms with E-state index in [2.05, 4.69) is 19.2 Å². The molecule has 2 rings (SSSR count). The van der Waals surface area contributed by atoms with Crippen LogP contribution < -0.4 is 5.32 Å². The number of nitrogens with one attached hydrogen (secondary N) is 1. The molecule has 2 N–H and O–H groups in total. The van der Waals surface area contributed by atoms with Gasteiger partial charge in [-0.1, -0.05) is 45.7 Å². The summed E-state index contributed by atoms with van der Waals surface area (Å²) in [5.41, 5.74) is -0.647. The Morgan fingerprint density at radius 1 is 1.21 bits per heavy atom. The van der Waals surface area contributed by atoms with E-state index in [-0.39, 0.29) is 24.2 Å². The highest BCUT2D eigenvalue weighted by Crippen LogP contribution is 2.31. The second kappa shape index (κ2) is 10.0. The molecule has 0 bridgehead atoms. The number of benzene rings is 1. The van der Waals surface area contributed by atoms with Crippen molar-refractivity contribution in [3.8, 4) is 0 Å². The molecule has 0 spiro atoms. The van der Waals surface area contributed by atoms with Crippen molar-refractivity contribution in [2.24, 2.45) is 11.8 Å². The number of hydrogen-bond donors (Lipinski definition) is 2. The Kier molecular flexibility index (Phi) is 7.98. The van der Waals surface area contributed by atoms with Gasteiger partial charge in [-0.25, -0.2) is 9.18 Å². The average molecular weight is 393 g/mol. The molecule has 156 valence electrons. The number of carbonyl (C=O) groups excluding carboxylic acids is 2. The van der Waals surface area contributed by atoms with Gasteiger partial charge >= 0.3 is 6.03 Å². The monoisotopic (exact) mass is 392 g/mol. The third-order valence-corrected chi connectivity index (χ3v) is 5.47. The number of nitrogens with zero attached hydrogens (tertiary/aromatic N) is 1. The number of aliphatic hydroxyl groups is 1. The first-order valence-corrected chi connectivity index (χ1v) is 10.3. The van der Waals surface area contributed by atoms with Crippen LogP contribution in [0, 0.1) is 17.7 Å². The van der Waals surface area contributed by atoms with Gasteiger partial charge < -0.3 is 10.0 Å². The van der Waals surface area contributed by atoms with E-state index in [0.717, 1.165) is 25.7 Å². The maximum atomic E-state index is 13.2. The summed E-state index contributed by atoms with van der Waals surface area (Å²) in [6.07, 6.45) is 4.46. The van der Waals surface area contributed by atoms with Crippen LogP contribution in [0.3, 0.4) is 0 Å². The largest absolute Gasteiger partial charge is 0.383 e. The topological polar surface area (TPSA) is 69.6 Å². The zero-order valence-corrected chi connectivity index (χ0v) is 17.2. The number of amides is 3. The first kappa shape index (κ1) is 22.3. The van der Waals surface area contributed by atoms with Gasteiger partial charge in [0.1, 0.15) is 11.4 Å². The number of urea groups is 1. The van der Waals surface area contributed by atoms with Crippen molar-refractivity contribution in [2.45, 2.75) is 64.9 Å². The SMILES string of the molecule is CCC[C@@H](CCC(C)C)C(=O)NC(=O)N1CCC[C@@](O)(c2ccc(F)cc2)C1. The molecule has 1 aliphatic rings. The molecule has 1 heterocycles. The van der Waals surface area contributed by atoms with Crippen LogP contribution in [0.2, 0.25) is 0 Å². The molecular formula is C22H33FN2O3. The van der Waals surface area contributed by atoms with Crippen LogP contribution in [0.1, 0.15) is 64.9 Å². The lowest BCUT2D eigenvalue weighted by molar-refractivity contribution is -0.124. The summed E-state index contributed by atoms with van der Waals surface area (Å²) >= 11 is 0. The van der Waals surface area contributed by atoms with Gasteiger partial charge in [0.2, 0.25) is 5.91 Å². The molecule has 1 aliphatic heterocycles. The lowest BCUT2D eigenvalue weighted by Crippen LogP contribution is -2.53. The Hall–Kier alpha value is -1.95. The van der Waals surface area contributed by atoms with E-state index in [1.165, 1.54) is 17.0 Å². The van der Waals surface area contributed by atoms with Gasteiger partial charge in [-0.15, -0.1) is 0 Å². The molecular weight excluding hydrogens is 359 g/mol. The predicted octanol–water partition coefficient (Wildman–Crippen LogP) is 4.20. The number of imide groups is 1. The third-order valence-electron chi connectivity index (χ3n) is 5.47. The van der Waals surface area contributed by atoms with Crippen molar-refractivity contribution in [3.05, 3.63) is 35.6 Å². The lowest BCUT2D eigenvalue weighted by Gasteiger charge is -2.39. The fraction of sp³-hybridized carbons (Fsp3) is 0.636. The summed E-state index contributed by atoms with van der Waals surface area (Å²) in [4.78, 5) is 26.7. The highest BCUT2D eigenvalue weighted by molar-refractivity contribution is 5.95. The van der Waals surface area contributed by atoms with Gasteiger partial charge in [-0.3, -0.25) is 10.1 Å². The van der Waals surface area contributed by atoms with E-state index >= 15 is 0 Å². The number of β-amino-alcohol motifs (C(OH)–C–C–N with tert-alkyl or cyclic N) is 1. The summed E-state index contributed by atoms with van der Waals surface area (Å²) in [6.45, 7) is 6.84. The predicted molar refractivity (Wildman–Crippen MR) is 107 cm³/mol. The summed E-state index contributed by atoms with van der Waals surface area (Å²) in [5.74, 6) is -0.261. The van der Waals surface area contributed by atoms with Gasteiger partial charge in [0.05, 0.1) is 6.54 Å². The second-order valence-corrected chi connectivity index (χ2v) is 8.31. The van der Waals surface area contributed by atoms with Crippen molar-refractivity contribution < 1.29 is 19.1 Å². The van der Waals surface area contributed by atoms with Gasteiger partial charge in [0, 0.05) is 12.5 Å². The van der Waals surface area contributed by atoms with Crippen molar-refractivity contribution in [1.29, 1.82) is 0 Å². The highest BCUT2D eigenvalue weighted by Gasteiger charge is 2.37. The van der Waals surface area contributed by atoms with Gasteiger partial charge in [-0.05, 0) is 49.3 Å². The zero-order valence-electron chi connectivity index (χ0n) is 17.2. The molecule has 1 aromatic carbocycles. The van der Waals surface area contributed by atoms with Gasteiger partial charge in [0.25, 0.3) is 0 Å². The Bertz CT molecular complexity index is 662. The molecule has 0 radical (unpaired) electrons. The molecule has 0 aromatic heterocycles. The van der Waals surface area contributed by atoms with E-state index < -0.39 is 11.6 Å². The van der Waals surface area contributed by atoms with E-state index in [1.807, 2.05) is 6.92 Å². The Labute approximate surface area is 167 Å². The molecule has 6 heteroatoms. The number of hydrogen-bond acceptors (Lipinski definition) is 3. The van der Waals surface area contributed by atoms with Crippen LogP contribution in [0.25, 0.3) is 0 Å². The van der Waals surface area contributed by atoms with Crippen molar-refractivity contribution in [2.75, 3.05) is 13.1 Å². The van der Waals surface area contributed by atoms with E-state index in [4.69, 9.17) is 0 Å². The standard InChI is InChI=1S/C22H33FN2O3/c1-4-6-17(8-7-16(2)3)20(26)24-21(27)25-14-5-13-22(28,15-25)18-9-11-19(23)12-10-18/h9-12,16-17,28H,4-8,13-15H2,1-3H3,(H,24,26,27)/t17-,22-/m0/s1. The minimum atomic E-state index is -1.23. The molecule has 1 fully saturated rings. The highest BCUT2D eigenvalue weighted by atomic mass is 19.1. The van der Waals surface area contributed by atoms with E-state index in [1.54, 1.807) is 12.1 Å². The zero-order chi connectivity index (χ0) is 20.7. The van der Waals surface area contributed by atoms with Crippen LogP contribution >= 0.6 is 0 Å². The number of piperidine rings is 1. The number of likely N-dealkylation sites (tertiary alicyclic amines) is 1. The fourth-order valence-electron chi connectivity index (χ4n) is 3.78. The first-order valence-electron chi connectivity index (χ1n) is 10.3. The Morgan fingerprint density at radius 2 is 1.89 bits per heavy atom. The fourth-order valence-corrected chi connectivity index (χ4v) is 3.78. The summed E-state index contributed by atoms with van der Waals surface area (Å²) in [5, 5.41) is 13.5. The molecule has 1 saturated heterocycles. The van der Waals surface area contributed by atoms with Crippen molar-refractivity contribution >= 4 is 11.9 Å². The summed E-state index contributed by atoms with van der Waals surface area (Å²) in [7, 11) is 0. The minimum Gasteiger partial charge on any atom is -0.383 e. The average Bonchev–Trinajstić information content (AvgIpc) is 2.65. The number of rotatable bonds is 7. The maximum Gasteiger partial charge on any atom is 0.324 e. The van der Waals surface area contributed by atoms with Crippen molar-refractivity contribution in [3.63, 3.8) is 0 Å². The third kappa shape index (κ3) is 6.03. The summed E-state index contributed by atoms with van der Waals surface area (Å²) < 4.78 is 13.2. The van der Waals surface area contributed by atoms with Gasteiger partial charge in [-0.2, -0.15) is 0 Å². The quantitative estimate of drug-likeness (QED) is 0.731. The van der Waals surface area contributed by atoms with Crippen LogP contribution in [0.5, 0.6) is 0 Å². The molecule has 0 unspecified atom stereocenters. The molecule has 1 aromatic rings. The van der Waals surface area contributed by atoms with Crippen molar-refractivity contribution in [1.82, 2.24) is 10.2 Å². The van der Waals surface area contributed by atoms with E-state index in [0.29, 0.717) is 30.9 Å². The molecule has 28 heavy (non-hydrogen) atoms. The second-order valence-electron chi connectivity index (χ2n) is 8.31.